The van der Waals surface area contributed by atoms with Crippen LogP contribution in [-0.4, -0.2) is 45.3 Å². The van der Waals surface area contributed by atoms with Gasteiger partial charge in [0.05, 0.1) is 35.4 Å². The van der Waals surface area contributed by atoms with E-state index in [0.29, 0.717) is 11.3 Å². The van der Waals surface area contributed by atoms with Gasteiger partial charge in [0.2, 0.25) is 0 Å². The number of rotatable bonds is 10. The maximum atomic E-state index is 13.3. The van der Waals surface area contributed by atoms with Gasteiger partial charge in [-0.2, -0.15) is 0 Å². The summed E-state index contributed by atoms with van der Waals surface area (Å²) in [7, 11) is -3.93. The van der Waals surface area contributed by atoms with Crippen LogP contribution in [0.3, 0.4) is 0 Å². The van der Waals surface area contributed by atoms with Gasteiger partial charge in [-0.3, -0.25) is 4.31 Å². The van der Waals surface area contributed by atoms with Crippen LogP contribution in [0.4, 0.5) is 5.69 Å². The first-order valence-corrected chi connectivity index (χ1v) is 10.8. The zero-order valence-electron chi connectivity index (χ0n) is 16.8. The van der Waals surface area contributed by atoms with E-state index in [1.807, 2.05) is 6.92 Å². The van der Waals surface area contributed by atoms with Gasteiger partial charge in [0.15, 0.2) is 0 Å². The van der Waals surface area contributed by atoms with Gasteiger partial charge in [-0.25, -0.2) is 13.2 Å². The molecular weight excluding hydrogens is 408 g/mol. The van der Waals surface area contributed by atoms with E-state index >= 15 is 0 Å². The molecule has 0 radical (unpaired) electrons. The Labute approximate surface area is 175 Å². The van der Waals surface area contributed by atoms with Crippen molar-refractivity contribution in [3.05, 3.63) is 70.1 Å². The quantitative estimate of drug-likeness (QED) is 0.266. The van der Waals surface area contributed by atoms with Crippen molar-refractivity contribution in [2.45, 2.75) is 31.3 Å². The molecule has 30 heavy (non-hydrogen) atoms. The predicted molar refractivity (Wildman–Crippen MR) is 113 cm³/mol. The Bertz CT molecular complexity index is 1000. The van der Waals surface area contributed by atoms with Gasteiger partial charge in [-0.05, 0) is 62.2 Å². The molecule has 1 unspecified atom stereocenters. The summed E-state index contributed by atoms with van der Waals surface area (Å²) in [4.78, 5) is 14.6. The Morgan fingerprint density at radius 2 is 1.83 bits per heavy atom. The van der Waals surface area contributed by atoms with Gasteiger partial charge in [0.25, 0.3) is 10.0 Å². The van der Waals surface area contributed by atoms with E-state index in [4.69, 9.17) is 10.3 Å². The van der Waals surface area contributed by atoms with Gasteiger partial charge in [0, 0.05) is 11.5 Å². The molecule has 0 aliphatic heterocycles. The second kappa shape index (κ2) is 10.6. The van der Waals surface area contributed by atoms with Crippen molar-refractivity contribution in [2.75, 3.05) is 24.0 Å². The second-order valence-electron chi connectivity index (χ2n) is 6.51. The summed E-state index contributed by atoms with van der Waals surface area (Å²) < 4.78 is 32.6. The lowest BCUT2D eigenvalue weighted by Gasteiger charge is -2.25. The lowest BCUT2D eigenvalue weighted by Crippen LogP contribution is -2.34. The number of aryl methyl sites for hydroxylation is 1. The predicted octanol–water partition coefficient (Wildman–Crippen LogP) is 3.43. The number of benzene rings is 2. The number of anilines is 1. The second-order valence-corrected chi connectivity index (χ2v) is 8.38. The number of sulfonamides is 1. The zero-order chi connectivity index (χ0) is 22.1. The van der Waals surface area contributed by atoms with Crippen LogP contribution in [0.1, 0.15) is 29.3 Å². The lowest BCUT2D eigenvalue weighted by atomic mass is 10.2. The third kappa shape index (κ3) is 5.96. The summed E-state index contributed by atoms with van der Waals surface area (Å²) in [5.74, 6) is -0.498. The first-order valence-electron chi connectivity index (χ1n) is 9.35. The Morgan fingerprint density at radius 3 is 2.40 bits per heavy atom. The van der Waals surface area contributed by atoms with Crippen LogP contribution in [-0.2, 0) is 14.8 Å². The Morgan fingerprint density at radius 1 is 1.20 bits per heavy atom. The third-order valence-electron chi connectivity index (χ3n) is 4.30. The monoisotopic (exact) mass is 432 g/mol. The molecule has 0 spiro atoms. The Hall–Kier alpha value is -3.07. The smallest absolute Gasteiger partial charge is 0.338 e. The summed E-state index contributed by atoms with van der Waals surface area (Å²) in [6.07, 6.45) is -0.931. The van der Waals surface area contributed by atoms with Crippen molar-refractivity contribution in [3.63, 3.8) is 0 Å². The standard InChI is InChI=1S/C20H24N4O5S/c1-3-29-20(26)16-6-8-17(9-7-16)24(13-12-18(25)14-22-23-21)30(27,28)19-10-4-15(2)5-11-19/h4-11,18,25H,3,12-14H2,1-2H3. The molecule has 10 heteroatoms. The molecule has 0 aromatic heterocycles. The van der Waals surface area contributed by atoms with E-state index in [1.165, 1.54) is 36.4 Å². The zero-order valence-corrected chi connectivity index (χ0v) is 17.6. The number of carbonyl (C=O) groups excluding carboxylic acids is 1. The van der Waals surface area contributed by atoms with Crippen LogP contribution in [0, 0.1) is 6.92 Å². The molecule has 0 saturated carbocycles. The molecule has 1 N–H and O–H groups in total. The summed E-state index contributed by atoms with van der Waals surface area (Å²) in [6.45, 7) is 3.59. The minimum absolute atomic E-state index is 0.0446. The van der Waals surface area contributed by atoms with Crippen molar-refractivity contribution < 1.29 is 23.1 Å². The Balaban J connectivity index is 2.36. The molecule has 1 atom stereocenters. The van der Waals surface area contributed by atoms with Crippen molar-refractivity contribution in [1.82, 2.24) is 0 Å². The normalized spacial score (nSPS) is 12.0. The summed E-state index contributed by atoms with van der Waals surface area (Å²) in [6, 6.07) is 12.4. The highest BCUT2D eigenvalue weighted by Crippen LogP contribution is 2.25. The molecule has 0 fully saturated rings. The number of esters is 1. The number of aliphatic hydroxyl groups excluding tert-OH is 1. The number of aliphatic hydroxyl groups is 1. The molecule has 0 saturated heterocycles. The van der Waals surface area contributed by atoms with E-state index in [-0.39, 0.29) is 31.0 Å². The molecule has 0 aliphatic carbocycles. The van der Waals surface area contributed by atoms with E-state index in [0.717, 1.165) is 9.87 Å². The average molecular weight is 433 g/mol. The highest BCUT2D eigenvalue weighted by molar-refractivity contribution is 7.92. The number of hydrogen-bond donors (Lipinski definition) is 1. The lowest BCUT2D eigenvalue weighted by molar-refractivity contribution is 0.0526. The molecule has 2 aromatic carbocycles. The maximum Gasteiger partial charge on any atom is 0.338 e. The first kappa shape index (κ1) is 23.2. The van der Waals surface area contributed by atoms with E-state index in [1.54, 1.807) is 19.1 Å². The van der Waals surface area contributed by atoms with Gasteiger partial charge in [0.1, 0.15) is 0 Å². The molecule has 0 amide bonds. The number of azide groups is 1. The fourth-order valence-electron chi connectivity index (χ4n) is 2.69. The topological polar surface area (TPSA) is 133 Å². The molecule has 160 valence electrons. The molecule has 2 aromatic rings. The van der Waals surface area contributed by atoms with Crippen LogP contribution in [0.5, 0.6) is 0 Å². The maximum absolute atomic E-state index is 13.3. The summed E-state index contributed by atoms with van der Waals surface area (Å²) in [5, 5.41) is 13.3. The number of carbonyl (C=O) groups is 1. The highest BCUT2D eigenvalue weighted by Gasteiger charge is 2.25. The molecule has 0 heterocycles. The third-order valence-corrected chi connectivity index (χ3v) is 6.14. The Kier molecular flexibility index (Phi) is 8.23. The fourth-order valence-corrected chi connectivity index (χ4v) is 4.17. The van der Waals surface area contributed by atoms with Crippen LogP contribution in [0.15, 0.2) is 58.5 Å². The summed E-state index contributed by atoms with van der Waals surface area (Å²) >= 11 is 0. The van der Waals surface area contributed by atoms with Crippen LogP contribution in [0.2, 0.25) is 0 Å². The minimum atomic E-state index is -3.93. The van der Waals surface area contributed by atoms with Crippen LogP contribution >= 0.6 is 0 Å². The number of hydrogen-bond acceptors (Lipinski definition) is 6. The van der Waals surface area contributed by atoms with E-state index in [2.05, 4.69) is 10.0 Å². The van der Waals surface area contributed by atoms with Crippen molar-refractivity contribution in [3.8, 4) is 0 Å². The van der Waals surface area contributed by atoms with Crippen molar-refractivity contribution in [1.29, 1.82) is 0 Å². The van der Waals surface area contributed by atoms with Crippen LogP contribution in [0.25, 0.3) is 10.4 Å². The largest absolute Gasteiger partial charge is 0.462 e. The van der Waals surface area contributed by atoms with Gasteiger partial charge >= 0.3 is 5.97 Å². The van der Waals surface area contributed by atoms with Gasteiger partial charge in [-0.15, -0.1) is 0 Å². The van der Waals surface area contributed by atoms with Crippen LogP contribution < -0.4 is 4.31 Å². The first-order chi connectivity index (χ1) is 14.3. The number of nitrogens with zero attached hydrogens (tertiary/aromatic N) is 4. The van der Waals surface area contributed by atoms with E-state index in [9.17, 15) is 18.3 Å². The molecular formula is C20H24N4O5S. The molecule has 2 rings (SSSR count). The number of ether oxygens (including phenoxy) is 1. The highest BCUT2D eigenvalue weighted by atomic mass is 32.2. The van der Waals surface area contributed by atoms with Crippen molar-refractivity contribution in [2.24, 2.45) is 5.11 Å². The molecule has 0 aliphatic rings. The molecule has 0 bridgehead atoms. The van der Waals surface area contributed by atoms with Gasteiger partial charge < -0.3 is 9.84 Å². The molecule has 9 nitrogen and oxygen atoms in total. The minimum Gasteiger partial charge on any atom is -0.462 e. The fraction of sp³-hybridized carbons (Fsp3) is 0.350. The van der Waals surface area contributed by atoms with Crippen molar-refractivity contribution >= 4 is 21.7 Å². The SMILES string of the molecule is CCOC(=O)c1ccc(N(CCC(O)CN=[N+]=[N-])S(=O)(=O)c2ccc(C)cc2)cc1. The van der Waals surface area contributed by atoms with E-state index < -0.39 is 22.1 Å². The van der Waals surface area contributed by atoms with Gasteiger partial charge in [-0.1, -0.05) is 22.8 Å². The summed E-state index contributed by atoms with van der Waals surface area (Å²) in [5.41, 5.74) is 9.94. The average Bonchev–Trinajstić information content (AvgIpc) is 2.73.